The van der Waals surface area contributed by atoms with Crippen LogP contribution in [0.1, 0.15) is 19.8 Å². The monoisotopic (exact) mass is 359 g/mol. The summed E-state index contributed by atoms with van der Waals surface area (Å²) < 4.78 is 31.7. The molecule has 2 atom stereocenters. The number of hydrogen-bond acceptors (Lipinski definition) is 6. The summed E-state index contributed by atoms with van der Waals surface area (Å²) in [5.41, 5.74) is 0.203. The van der Waals surface area contributed by atoms with Gasteiger partial charge >= 0.3 is 5.97 Å². The summed E-state index contributed by atoms with van der Waals surface area (Å²) in [5, 5.41) is 16.6. The highest BCUT2D eigenvalue weighted by atomic mass is 35.5. The standard InChI is InChI=1S/C13H14ClN3O5S/c1-7-2-3-8(13(18)19)6-17(7)23(20,21)10-5-4-9(14)11-12(10)16-22-15-11/h4-5,7-8H,2-3,6H2,1H3,(H,18,19). The van der Waals surface area contributed by atoms with Gasteiger partial charge in [0.2, 0.25) is 10.0 Å². The third-order valence-corrected chi connectivity index (χ3v) is 6.41. The molecule has 1 saturated heterocycles. The molecule has 2 aromatic rings. The van der Waals surface area contributed by atoms with Crippen molar-refractivity contribution in [3.05, 3.63) is 17.2 Å². The average molecular weight is 360 g/mol. The molecule has 23 heavy (non-hydrogen) atoms. The van der Waals surface area contributed by atoms with E-state index in [1.807, 2.05) is 0 Å². The first-order valence-electron chi connectivity index (χ1n) is 6.97. The highest BCUT2D eigenvalue weighted by molar-refractivity contribution is 7.89. The van der Waals surface area contributed by atoms with E-state index >= 15 is 0 Å². The Morgan fingerprint density at radius 2 is 2.04 bits per heavy atom. The fraction of sp³-hybridized carbons (Fsp3) is 0.462. The molecule has 2 unspecified atom stereocenters. The summed E-state index contributed by atoms with van der Waals surface area (Å²) in [5.74, 6) is -1.72. The number of carboxylic acids is 1. The van der Waals surface area contributed by atoms with E-state index in [0.29, 0.717) is 12.8 Å². The van der Waals surface area contributed by atoms with E-state index in [-0.39, 0.29) is 33.5 Å². The van der Waals surface area contributed by atoms with E-state index in [2.05, 4.69) is 14.9 Å². The van der Waals surface area contributed by atoms with Crippen LogP contribution in [0.4, 0.5) is 0 Å². The van der Waals surface area contributed by atoms with Gasteiger partial charge in [-0.2, -0.15) is 4.31 Å². The maximum atomic E-state index is 13.0. The van der Waals surface area contributed by atoms with E-state index in [1.165, 1.54) is 16.4 Å². The second-order valence-electron chi connectivity index (χ2n) is 5.54. The molecular formula is C13H14ClN3O5S. The van der Waals surface area contributed by atoms with Crippen molar-refractivity contribution in [3.63, 3.8) is 0 Å². The largest absolute Gasteiger partial charge is 0.481 e. The van der Waals surface area contributed by atoms with Crippen molar-refractivity contribution in [1.82, 2.24) is 14.6 Å². The number of halogens is 1. The average Bonchev–Trinajstić information content (AvgIpc) is 2.97. The molecule has 1 aliphatic rings. The summed E-state index contributed by atoms with van der Waals surface area (Å²) in [6, 6.07) is 2.44. The predicted octanol–water partition coefficient (Wildman–Crippen LogP) is 1.75. The molecule has 0 spiro atoms. The van der Waals surface area contributed by atoms with Crippen LogP contribution >= 0.6 is 11.6 Å². The maximum absolute atomic E-state index is 13.0. The van der Waals surface area contributed by atoms with Gasteiger partial charge in [0.15, 0.2) is 11.0 Å². The second-order valence-corrected chi connectivity index (χ2v) is 7.81. The Hall–Kier alpha value is -1.71. The zero-order chi connectivity index (χ0) is 16.8. The molecule has 0 amide bonds. The van der Waals surface area contributed by atoms with Crippen molar-refractivity contribution in [2.75, 3.05) is 6.54 Å². The summed E-state index contributed by atoms with van der Waals surface area (Å²) in [7, 11) is -3.94. The maximum Gasteiger partial charge on any atom is 0.307 e. The van der Waals surface area contributed by atoms with Crippen LogP contribution in [0.25, 0.3) is 11.0 Å². The number of benzene rings is 1. The van der Waals surface area contributed by atoms with Gasteiger partial charge in [-0.15, -0.1) is 0 Å². The summed E-state index contributed by atoms with van der Waals surface area (Å²) in [4.78, 5) is 11.1. The lowest BCUT2D eigenvalue weighted by Gasteiger charge is -2.35. The number of carbonyl (C=O) groups is 1. The van der Waals surface area contributed by atoms with Gasteiger partial charge < -0.3 is 5.11 Å². The Morgan fingerprint density at radius 1 is 1.35 bits per heavy atom. The Labute approximate surface area is 137 Å². The number of rotatable bonds is 3. The van der Waals surface area contributed by atoms with Crippen molar-refractivity contribution < 1.29 is 22.9 Å². The van der Waals surface area contributed by atoms with Gasteiger partial charge in [0.25, 0.3) is 0 Å². The summed E-state index contributed by atoms with van der Waals surface area (Å²) >= 11 is 5.95. The molecule has 124 valence electrons. The van der Waals surface area contributed by atoms with Crippen molar-refractivity contribution in [2.45, 2.75) is 30.7 Å². The number of nitrogens with zero attached hydrogens (tertiary/aromatic N) is 3. The third kappa shape index (κ3) is 2.68. The molecule has 8 nitrogen and oxygen atoms in total. The topological polar surface area (TPSA) is 114 Å². The lowest BCUT2D eigenvalue weighted by atomic mass is 9.96. The van der Waals surface area contributed by atoms with Crippen molar-refractivity contribution in [2.24, 2.45) is 5.92 Å². The lowest BCUT2D eigenvalue weighted by molar-refractivity contribution is -0.143. The van der Waals surface area contributed by atoms with Crippen LogP contribution < -0.4 is 0 Å². The molecule has 0 bridgehead atoms. The van der Waals surface area contributed by atoms with E-state index < -0.39 is 21.9 Å². The quantitative estimate of drug-likeness (QED) is 0.887. The minimum atomic E-state index is -3.94. The van der Waals surface area contributed by atoms with Gasteiger partial charge in [-0.05, 0) is 42.2 Å². The molecule has 0 radical (unpaired) electrons. The molecular weight excluding hydrogens is 346 g/mol. The molecule has 1 aromatic heterocycles. The normalized spacial score (nSPS) is 23.2. The van der Waals surface area contributed by atoms with E-state index in [1.54, 1.807) is 6.92 Å². The van der Waals surface area contributed by atoms with Gasteiger partial charge in [-0.1, -0.05) is 11.6 Å². The SMILES string of the molecule is CC1CCC(C(=O)O)CN1S(=O)(=O)c1ccc(Cl)c2nonc12. The minimum Gasteiger partial charge on any atom is -0.481 e. The number of piperidine rings is 1. The molecule has 1 aliphatic heterocycles. The van der Waals surface area contributed by atoms with Crippen LogP contribution in [-0.2, 0) is 14.8 Å². The smallest absolute Gasteiger partial charge is 0.307 e. The minimum absolute atomic E-state index is 0.0437. The molecule has 3 rings (SSSR count). The number of hydrogen-bond donors (Lipinski definition) is 1. The van der Waals surface area contributed by atoms with Gasteiger partial charge in [0.05, 0.1) is 10.9 Å². The number of carboxylic acid groups (broad SMARTS) is 1. The predicted molar refractivity (Wildman–Crippen MR) is 80.5 cm³/mol. The van der Waals surface area contributed by atoms with Gasteiger partial charge in [-0.3, -0.25) is 4.79 Å². The van der Waals surface area contributed by atoms with Crippen LogP contribution in [0.3, 0.4) is 0 Å². The zero-order valence-electron chi connectivity index (χ0n) is 12.1. The Balaban J connectivity index is 2.07. The van der Waals surface area contributed by atoms with Crippen LogP contribution in [0.2, 0.25) is 5.02 Å². The van der Waals surface area contributed by atoms with Gasteiger partial charge in [-0.25, -0.2) is 13.0 Å². The molecule has 1 fully saturated rings. The first-order chi connectivity index (χ1) is 10.8. The first kappa shape index (κ1) is 16.2. The van der Waals surface area contributed by atoms with Crippen LogP contribution in [-0.4, -0.2) is 46.7 Å². The number of aromatic nitrogens is 2. The van der Waals surface area contributed by atoms with Crippen molar-refractivity contribution in [1.29, 1.82) is 0 Å². The Kier molecular flexibility index (Phi) is 4.03. The van der Waals surface area contributed by atoms with Gasteiger partial charge in [0.1, 0.15) is 4.90 Å². The molecule has 2 heterocycles. The summed E-state index contributed by atoms with van der Waals surface area (Å²) in [6.45, 7) is 1.68. The second kappa shape index (κ2) is 5.73. The Morgan fingerprint density at radius 3 is 2.74 bits per heavy atom. The Bertz CT molecular complexity index is 866. The molecule has 0 saturated carbocycles. The third-order valence-electron chi connectivity index (χ3n) is 4.09. The van der Waals surface area contributed by atoms with Crippen molar-refractivity contribution >= 4 is 38.6 Å². The van der Waals surface area contributed by atoms with Crippen molar-refractivity contribution in [3.8, 4) is 0 Å². The highest BCUT2D eigenvalue weighted by Crippen LogP contribution is 2.32. The number of sulfonamides is 1. The fourth-order valence-corrected chi connectivity index (χ4v) is 4.77. The number of fused-ring (bicyclic) bond motifs is 1. The molecule has 10 heteroatoms. The van der Waals surface area contributed by atoms with E-state index in [9.17, 15) is 18.3 Å². The lowest BCUT2D eigenvalue weighted by Crippen LogP contribution is -2.47. The molecule has 0 aliphatic carbocycles. The van der Waals surface area contributed by atoms with E-state index in [4.69, 9.17) is 11.6 Å². The van der Waals surface area contributed by atoms with Crippen LogP contribution in [0.5, 0.6) is 0 Å². The number of aliphatic carboxylic acids is 1. The van der Waals surface area contributed by atoms with Gasteiger partial charge in [0, 0.05) is 12.6 Å². The fourth-order valence-electron chi connectivity index (χ4n) is 2.76. The van der Waals surface area contributed by atoms with Crippen LogP contribution in [0, 0.1) is 5.92 Å². The summed E-state index contributed by atoms with van der Waals surface area (Å²) in [6.07, 6.45) is 0.925. The molecule has 1 aromatic carbocycles. The zero-order valence-corrected chi connectivity index (χ0v) is 13.7. The highest BCUT2D eigenvalue weighted by Gasteiger charge is 2.38. The first-order valence-corrected chi connectivity index (χ1v) is 8.79. The van der Waals surface area contributed by atoms with E-state index in [0.717, 1.165) is 0 Å². The molecule has 1 N–H and O–H groups in total. The van der Waals surface area contributed by atoms with Crippen LogP contribution in [0.15, 0.2) is 21.7 Å².